The first-order valence-corrected chi connectivity index (χ1v) is 12.5. The van der Waals surface area contributed by atoms with Crippen LogP contribution in [0.25, 0.3) is 0 Å². The Bertz CT molecular complexity index is 1240. The number of likely N-dealkylation sites (N-methyl/N-ethyl adjacent to an activating group) is 1. The van der Waals surface area contributed by atoms with Crippen molar-refractivity contribution in [3.8, 4) is 5.75 Å². The van der Waals surface area contributed by atoms with Crippen LogP contribution in [0.3, 0.4) is 0 Å². The summed E-state index contributed by atoms with van der Waals surface area (Å²) in [6, 6.07) is -0.0370. The number of carbonyl (C=O) groups is 5. The van der Waals surface area contributed by atoms with Crippen molar-refractivity contribution in [2.45, 2.75) is 43.9 Å². The third-order valence-electron chi connectivity index (χ3n) is 8.51. The first kappa shape index (κ1) is 25.6. The smallest absolute Gasteiger partial charge is 0.235 e. The Morgan fingerprint density at radius 1 is 1.22 bits per heavy atom. The van der Waals surface area contributed by atoms with E-state index in [1.54, 1.807) is 0 Å². The number of carbonyl (C=O) groups excluding carboxylic acids is 5. The van der Waals surface area contributed by atoms with E-state index in [0.29, 0.717) is 5.92 Å². The minimum atomic E-state index is -2.79. The average molecular weight is 516 g/mol. The molecule has 37 heavy (non-hydrogen) atoms. The van der Waals surface area contributed by atoms with Crippen molar-refractivity contribution >= 4 is 29.0 Å². The van der Waals surface area contributed by atoms with Gasteiger partial charge in [-0.25, -0.2) is 4.39 Å². The van der Waals surface area contributed by atoms with Gasteiger partial charge >= 0.3 is 0 Å². The summed E-state index contributed by atoms with van der Waals surface area (Å²) in [7, 11) is 3.01. The Hall–Kier alpha value is -3.02. The molecule has 0 heterocycles. The Morgan fingerprint density at radius 2 is 1.89 bits per heavy atom. The molecule has 1 amide bonds. The number of aromatic hydroxyl groups is 1. The number of Topliss-reactive ketones (excluding diaryl/α,β-unsaturated/α-hetero) is 4. The van der Waals surface area contributed by atoms with Crippen LogP contribution in [-0.2, 0) is 32.1 Å². The Morgan fingerprint density at radius 3 is 2.49 bits per heavy atom. The Balaban J connectivity index is 1.55. The molecular formula is C26H30FN3O7. The van der Waals surface area contributed by atoms with Gasteiger partial charge in [-0.3, -0.25) is 28.9 Å². The van der Waals surface area contributed by atoms with E-state index >= 15 is 4.39 Å². The zero-order valence-corrected chi connectivity index (χ0v) is 20.6. The number of phenolic OH excluding ortho intramolecular Hbond substituents is 1. The lowest BCUT2D eigenvalue weighted by Crippen LogP contribution is -2.74. The first-order valence-electron chi connectivity index (χ1n) is 12.5. The maximum absolute atomic E-state index is 15.6. The van der Waals surface area contributed by atoms with E-state index in [4.69, 9.17) is 5.73 Å². The molecule has 3 fully saturated rings. The van der Waals surface area contributed by atoms with Crippen molar-refractivity contribution in [3.63, 3.8) is 0 Å². The molecule has 0 saturated heterocycles. The van der Waals surface area contributed by atoms with Crippen LogP contribution in [0.5, 0.6) is 5.75 Å². The van der Waals surface area contributed by atoms with Crippen LogP contribution in [0.1, 0.15) is 40.7 Å². The largest absolute Gasteiger partial charge is 0.507 e. The van der Waals surface area contributed by atoms with Gasteiger partial charge in [0.05, 0.1) is 17.5 Å². The van der Waals surface area contributed by atoms with Crippen LogP contribution in [0.2, 0.25) is 0 Å². The highest BCUT2D eigenvalue weighted by molar-refractivity contribution is 6.32. The monoisotopic (exact) mass is 515 g/mol. The van der Waals surface area contributed by atoms with E-state index < -0.39 is 75.9 Å². The highest BCUT2D eigenvalue weighted by atomic mass is 19.1. The lowest BCUT2D eigenvalue weighted by molar-refractivity contribution is -0.181. The fourth-order valence-electron chi connectivity index (χ4n) is 6.57. The standard InChI is InChI=1S/C26H30FN3O7/c1-30(2)20-14-6-11-5-13-17(15(31)7-12(19(13)27)9-29-8-10-3-4-10)21(32)16(11)23(34)26(14,37)24(35)18(22(20)33)25(28)36/h7,10-11,14,16,18,20,29,31,37H,3-6,8-9H2,1-2H3,(H2,28,36)/t11-,14-,16?,18?,20-,26-/m0/s1. The van der Waals surface area contributed by atoms with Gasteiger partial charge in [0.25, 0.3) is 0 Å². The molecule has 6 atom stereocenters. The van der Waals surface area contributed by atoms with Crippen LogP contribution in [0, 0.1) is 35.4 Å². The van der Waals surface area contributed by atoms with E-state index in [0.717, 1.165) is 25.5 Å². The Labute approximate surface area is 212 Å². The molecule has 5 N–H and O–H groups in total. The first-order chi connectivity index (χ1) is 17.4. The van der Waals surface area contributed by atoms with Crippen molar-refractivity contribution in [1.82, 2.24) is 10.2 Å². The maximum Gasteiger partial charge on any atom is 0.235 e. The van der Waals surface area contributed by atoms with Crippen molar-refractivity contribution in [1.29, 1.82) is 0 Å². The zero-order valence-electron chi connectivity index (χ0n) is 20.6. The van der Waals surface area contributed by atoms with Crippen molar-refractivity contribution in [2.75, 3.05) is 20.6 Å². The fourth-order valence-corrected chi connectivity index (χ4v) is 6.57. The number of nitrogens with zero attached hydrogens (tertiary/aromatic N) is 1. The minimum absolute atomic E-state index is 0.0161. The molecule has 0 radical (unpaired) electrons. The number of rotatable bonds is 6. The summed E-state index contributed by atoms with van der Waals surface area (Å²) in [6.45, 7) is 0.878. The van der Waals surface area contributed by atoms with E-state index in [1.165, 1.54) is 19.0 Å². The summed E-state index contributed by atoms with van der Waals surface area (Å²) < 4.78 is 15.6. The van der Waals surface area contributed by atoms with Gasteiger partial charge < -0.3 is 21.3 Å². The number of halogens is 1. The van der Waals surface area contributed by atoms with Gasteiger partial charge in [-0.1, -0.05) is 0 Å². The fraction of sp³-hybridized carbons (Fsp3) is 0.577. The second-order valence-electron chi connectivity index (χ2n) is 11.1. The quantitative estimate of drug-likeness (QED) is 0.365. The van der Waals surface area contributed by atoms with Gasteiger partial charge in [0, 0.05) is 23.6 Å². The number of fused-ring (bicyclic) bond motifs is 3. The summed E-state index contributed by atoms with van der Waals surface area (Å²) in [4.78, 5) is 66.9. The topological polar surface area (TPSA) is 167 Å². The lowest BCUT2D eigenvalue weighted by atomic mass is 9.52. The van der Waals surface area contributed by atoms with Crippen LogP contribution in [0.4, 0.5) is 4.39 Å². The van der Waals surface area contributed by atoms with Crippen molar-refractivity contribution in [3.05, 3.63) is 28.6 Å². The highest BCUT2D eigenvalue weighted by Crippen LogP contribution is 2.51. The van der Waals surface area contributed by atoms with Gasteiger partial charge in [-0.2, -0.15) is 0 Å². The number of amides is 1. The SMILES string of the molecule is CN(C)[C@@H]1C(=O)C(C(N)=O)C(=O)[C@@]2(O)C(=O)C3C(=O)c4c(O)cc(CNCC5CC5)c(F)c4C[C@H]3C[C@@H]12. The number of nitrogens with one attached hydrogen (secondary N) is 1. The second kappa shape index (κ2) is 8.78. The molecule has 0 aliphatic heterocycles. The summed E-state index contributed by atoms with van der Waals surface area (Å²) in [5, 5.41) is 25.4. The molecule has 1 aromatic carbocycles. The summed E-state index contributed by atoms with van der Waals surface area (Å²) in [5.41, 5.74) is 2.34. The molecule has 4 aliphatic carbocycles. The summed E-state index contributed by atoms with van der Waals surface area (Å²) >= 11 is 0. The summed E-state index contributed by atoms with van der Waals surface area (Å²) in [6.07, 6.45) is 2.02. The lowest BCUT2D eigenvalue weighted by Gasteiger charge is -2.52. The van der Waals surface area contributed by atoms with Crippen molar-refractivity contribution < 1.29 is 38.6 Å². The molecule has 3 saturated carbocycles. The number of nitrogens with two attached hydrogens (primary N) is 1. The van der Waals surface area contributed by atoms with Crippen LogP contribution >= 0.6 is 0 Å². The zero-order chi connectivity index (χ0) is 27.0. The number of aliphatic hydroxyl groups is 1. The van der Waals surface area contributed by atoms with Gasteiger partial charge in [0.1, 0.15) is 11.6 Å². The van der Waals surface area contributed by atoms with Gasteiger partial charge in [-0.05, 0) is 64.2 Å². The van der Waals surface area contributed by atoms with E-state index in [9.17, 15) is 34.2 Å². The number of hydrogen-bond acceptors (Lipinski definition) is 9. The molecule has 0 aromatic heterocycles. The summed E-state index contributed by atoms with van der Waals surface area (Å²) in [5.74, 6) is -11.7. The maximum atomic E-state index is 15.6. The molecule has 5 rings (SSSR count). The van der Waals surface area contributed by atoms with E-state index in [2.05, 4.69) is 5.32 Å². The molecule has 198 valence electrons. The molecule has 0 bridgehead atoms. The number of benzene rings is 1. The van der Waals surface area contributed by atoms with Crippen LogP contribution < -0.4 is 11.1 Å². The third-order valence-corrected chi connectivity index (χ3v) is 8.51. The normalized spacial score (nSPS) is 33.3. The number of hydrogen-bond donors (Lipinski definition) is 4. The molecule has 0 spiro atoms. The number of phenols is 1. The molecule has 2 unspecified atom stereocenters. The number of ketones is 4. The molecular weight excluding hydrogens is 485 g/mol. The molecule has 10 nitrogen and oxygen atoms in total. The van der Waals surface area contributed by atoms with Gasteiger partial charge in [-0.15, -0.1) is 0 Å². The van der Waals surface area contributed by atoms with Gasteiger partial charge in [0.2, 0.25) is 5.91 Å². The van der Waals surface area contributed by atoms with E-state index in [1.807, 2.05) is 0 Å². The molecule has 4 aliphatic rings. The number of primary amides is 1. The third kappa shape index (κ3) is 3.74. The van der Waals surface area contributed by atoms with E-state index in [-0.39, 0.29) is 36.1 Å². The molecule has 1 aromatic rings. The highest BCUT2D eigenvalue weighted by Gasteiger charge is 2.69. The Kier molecular flexibility index (Phi) is 6.08. The minimum Gasteiger partial charge on any atom is -0.507 e. The van der Waals surface area contributed by atoms with Gasteiger partial charge in [0.15, 0.2) is 34.7 Å². The van der Waals surface area contributed by atoms with Crippen molar-refractivity contribution in [2.24, 2.45) is 35.3 Å². The predicted octanol–water partition coefficient (Wildman–Crippen LogP) is -0.494. The molecule has 11 heteroatoms. The second-order valence-corrected chi connectivity index (χ2v) is 11.1. The average Bonchev–Trinajstić information content (AvgIpc) is 3.63. The van der Waals surface area contributed by atoms with Crippen LogP contribution in [0.15, 0.2) is 6.07 Å². The predicted molar refractivity (Wildman–Crippen MR) is 126 cm³/mol. The van der Waals surface area contributed by atoms with Crippen LogP contribution in [-0.4, -0.2) is 76.4 Å².